The van der Waals surface area contributed by atoms with Crippen molar-refractivity contribution in [2.75, 3.05) is 12.1 Å². The Balaban J connectivity index is 3.58. The molecule has 78 valence electrons. The zero-order chi connectivity index (χ0) is 10.9. The van der Waals surface area contributed by atoms with Crippen LogP contribution in [0.4, 0.5) is 0 Å². The predicted molar refractivity (Wildman–Crippen MR) is 55.1 cm³/mol. The average molecular weight is 216 g/mol. The van der Waals surface area contributed by atoms with Crippen molar-refractivity contribution in [1.82, 2.24) is 14.2 Å². The zero-order valence-corrected chi connectivity index (χ0v) is 9.04. The molecule has 0 radical (unpaired) electrons. The summed E-state index contributed by atoms with van der Waals surface area (Å²) in [5, 5.41) is 0.219. The van der Waals surface area contributed by atoms with Crippen LogP contribution in [-0.2, 0) is 0 Å². The smallest absolute Gasteiger partial charge is 0.333 e. The molecule has 0 saturated heterocycles. The van der Waals surface area contributed by atoms with Gasteiger partial charge in [0.05, 0.1) is 0 Å². The lowest BCUT2D eigenvalue weighted by Gasteiger charge is -2.10. The van der Waals surface area contributed by atoms with E-state index in [1.165, 1.54) is 0 Å². The number of aromatic nitrogens is 3. The van der Waals surface area contributed by atoms with E-state index in [2.05, 4.69) is 4.98 Å². The van der Waals surface area contributed by atoms with Crippen LogP contribution in [-0.4, -0.2) is 20.5 Å². The average Bonchev–Trinajstić information content (AvgIpc) is 2.10. The van der Waals surface area contributed by atoms with Gasteiger partial charge in [-0.25, -0.2) is 14.2 Å². The maximum atomic E-state index is 11.6. The molecule has 7 heteroatoms. The van der Waals surface area contributed by atoms with Gasteiger partial charge in [0.1, 0.15) is 0 Å². The van der Waals surface area contributed by atoms with Gasteiger partial charge in [0, 0.05) is 6.04 Å². The molecule has 0 aliphatic rings. The first-order valence-electron chi connectivity index (χ1n) is 4.03. The Morgan fingerprint density at radius 3 is 2.43 bits per heavy atom. The van der Waals surface area contributed by atoms with Gasteiger partial charge in [-0.1, -0.05) is 11.8 Å². The number of nitrogens with two attached hydrogens (primary N) is 1. The van der Waals surface area contributed by atoms with Crippen molar-refractivity contribution < 1.29 is 0 Å². The van der Waals surface area contributed by atoms with Crippen LogP contribution in [0, 0.1) is 0 Å². The maximum Gasteiger partial charge on any atom is 0.354 e. The Morgan fingerprint density at radius 1 is 1.43 bits per heavy atom. The minimum Gasteiger partial charge on any atom is -0.333 e. The SMILES string of the molecule is CSc1nc(=O)n(C(C)C)c(=O)n1N. The molecule has 1 aromatic rings. The van der Waals surface area contributed by atoms with E-state index in [0.717, 1.165) is 21.0 Å². The van der Waals surface area contributed by atoms with Crippen LogP contribution in [0.2, 0.25) is 0 Å². The molecule has 0 unspecified atom stereocenters. The third-order valence-electron chi connectivity index (χ3n) is 1.71. The second kappa shape index (κ2) is 3.87. The third-order valence-corrected chi connectivity index (χ3v) is 2.37. The van der Waals surface area contributed by atoms with Crippen molar-refractivity contribution in [3.05, 3.63) is 21.0 Å². The first-order valence-corrected chi connectivity index (χ1v) is 5.26. The van der Waals surface area contributed by atoms with Gasteiger partial charge < -0.3 is 5.84 Å². The van der Waals surface area contributed by atoms with Crippen molar-refractivity contribution in [1.29, 1.82) is 0 Å². The van der Waals surface area contributed by atoms with Crippen LogP contribution < -0.4 is 17.2 Å². The summed E-state index contributed by atoms with van der Waals surface area (Å²) in [6, 6.07) is -0.242. The number of nitrogen functional groups attached to an aromatic ring is 1. The monoisotopic (exact) mass is 216 g/mol. The molecule has 2 N–H and O–H groups in total. The van der Waals surface area contributed by atoms with Crippen molar-refractivity contribution >= 4 is 11.8 Å². The van der Waals surface area contributed by atoms with Crippen LogP contribution in [0.15, 0.2) is 14.7 Å². The van der Waals surface area contributed by atoms with Crippen molar-refractivity contribution in [2.24, 2.45) is 0 Å². The summed E-state index contributed by atoms with van der Waals surface area (Å²) in [6.07, 6.45) is 1.70. The molecule has 0 aromatic carbocycles. The highest BCUT2D eigenvalue weighted by Crippen LogP contribution is 2.04. The minimum atomic E-state index is -0.559. The standard InChI is InChI=1S/C7H12N4O2S/c1-4(2)10-5(12)9-6(14-3)11(8)7(10)13/h4H,8H2,1-3H3. The quantitative estimate of drug-likeness (QED) is 0.528. The summed E-state index contributed by atoms with van der Waals surface area (Å²) in [4.78, 5) is 26.6. The van der Waals surface area contributed by atoms with Crippen molar-refractivity contribution in [2.45, 2.75) is 25.0 Å². The summed E-state index contributed by atoms with van der Waals surface area (Å²) in [7, 11) is 0. The second-order valence-corrected chi connectivity index (χ2v) is 3.77. The molecule has 1 aromatic heterocycles. The highest BCUT2D eigenvalue weighted by atomic mass is 32.2. The Bertz CT molecular complexity index is 448. The Hall–Kier alpha value is -1.24. The van der Waals surface area contributed by atoms with Crippen LogP contribution in [0.25, 0.3) is 0 Å². The predicted octanol–water partition coefficient (Wildman–Crippen LogP) is -0.578. The van der Waals surface area contributed by atoms with Crippen molar-refractivity contribution in [3.63, 3.8) is 0 Å². The lowest BCUT2D eigenvalue weighted by atomic mass is 10.4. The highest BCUT2D eigenvalue weighted by molar-refractivity contribution is 7.98. The third kappa shape index (κ3) is 1.67. The molecule has 0 bridgehead atoms. The topological polar surface area (TPSA) is 82.9 Å². The molecule has 0 saturated carbocycles. The Morgan fingerprint density at radius 2 is 2.00 bits per heavy atom. The summed E-state index contributed by atoms with van der Waals surface area (Å²) in [6.45, 7) is 3.45. The van der Waals surface area contributed by atoms with Gasteiger partial charge >= 0.3 is 11.4 Å². The highest BCUT2D eigenvalue weighted by Gasteiger charge is 2.11. The maximum absolute atomic E-state index is 11.6. The molecule has 0 aliphatic carbocycles. The van der Waals surface area contributed by atoms with Gasteiger partial charge in [-0.05, 0) is 20.1 Å². The lowest BCUT2D eigenvalue weighted by Crippen LogP contribution is -2.46. The Labute approximate surface area is 84.7 Å². The zero-order valence-electron chi connectivity index (χ0n) is 8.22. The molecule has 0 fully saturated rings. The van der Waals surface area contributed by atoms with Gasteiger partial charge in [-0.2, -0.15) is 9.66 Å². The molecule has 14 heavy (non-hydrogen) atoms. The van der Waals surface area contributed by atoms with Crippen LogP contribution >= 0.6 is 11.8 Å². The molecule has 0 amide bonds. The fraction of sp³-hybridized carbons (Fsp3) is 0.571. The van der Waals surface area contributed by atoms with E-state index < -0.39 is 11.4 Å². The summed E-state index contributed by atoms with van der Waals surface area (Å²) in [5.74, 6) is 5.46. The van der Waals surface area contributed by atoms with Gasteiger partial charge in [-0.15, -0.1) is 0 Å². The van der Waals surface area contributed by atoms with E-state index >= 15 is 0 Å². The molecule has 0 atom stereocenters. The first-order chi connectivity index (χ1) is 6.49. The van der Waals surface area contributed by atoms with E-state index in [0.29, 0.717) is 0 Å². The van der Waals surface area contributed by atoms with Gasteiger partial charge in [0.2, 0.25) is 0 Å². The van der Waals surface area contributed by atoms with E-state index in [4.69, 9.17) is 5.84 Å². The molecule has 1 heterocycles. The van der Waals surface area contributed by atoms with E-state index in [1.807, 2.05) is 0 Å². The van der Waals surface area contributed by atoms with E-state index in [1.54, 1.807) is 20.1 Å². The number of rotatable bonds is 2. The minimum absolute atomic E-state index is 0.219. The van der Waals surface area contributed by atoms with Crippen LogP contribution in [0.3, 0.4) is 0 Å². The Kier molecular flexibility index (Phi) is 3.00. The number of nitrogens with zero attached hydrogens (tertiary/aromatic N) is 3. The number of thioether (sulfide) groups is 1. The number of hydrogen-bond donors (Lipinski definition) is 1. The van der Waals surface area contributed by atoms with Gasteiger partial charge in [-0.3, -0.25) is 0 Å². The fourth-order valence-corrected chi connectivity index (χ4v) is 1.50. The second-order valence-electron chi connectivity index (χ2n) is 3.00. The number of hydrogen-bond acceptors (Lipinski definition) is 5. The van der Waals surface area contributed by atoms with Gasteiger partial charge in [0.25, 0.3) is 0 Å². The first kappa shape index (κ1) is 10.8. The molecular formula is C7H12N4O2S. The van der Waals surface area contributed by atoms with E-state index in [9.17, 15) is 9.59 Å². The largest absolute Gasteiger partial charge is 0.354 e. The molecular weight excluding hydrogens is 204 g/mol. The summed E-state index contributed by atoms with van der Waals surface area (Å²) < 4.78 is 1.89. The molecule has 0 spiro atoms. The van der Waals surface area contributed by atoms with Crippen molar-refractivity contribution in [3.8, 4) is 0 Å². The molecule has 0 aliphatic heterocycles. The van der Waals surface area contributed by atoms with E-state index in [-0.39, 0.29) is 11.2 Å². The fourth-order valence-electron chi connectivity index (χ4n) is 1.06. The molecule has 1 rings (SSSR count). The lowest BCUT2D eigenvalue weighted by molar-refractivity contribution is 0.486. The van der Waals surface area contributed by atoms with Crippen LogP contribution in [0.1, 0.15) is 19.9 Å². The van der Waals surface area contributed by atoms with Gasteiger partial charge in [0.15, 0.2) is 5.16 Å². The normalized spacial score (nSPS) is 10.9. The summed E-state index contributed by atoms with van der Waals surface area (Å²) >= 11 is 1.16. The molecule has 6 nitrogen and oxygen atoms in total. The summed E-state index contributed by atoms with van der Waals surface area (Å²) in [5.41, 5.74) is -1.10. The van der Waals surface area contributed by atoms with Crippen LogP contribution in [0.5, 0.6) is 0 Å².